The summed E-state index contributed by atoms with van der Waals surface area (Å²) in [5.74, 6) is -0.713. The molecule has 0 spiro atoms. The van der Waals surface area contributed by atoms with Crippen LogP contribution in [-0.4, -0.2) is 29.2 Å². The van der Waals surface area contributed by atoms with Crippen LogP contribution in [0.3, 0.4) is 0 Å². The molecule has 0 fully saturated rings. The molecular formula is C19H16N2O3S3. The highest BCUT2D eigenvalue weighted by atomic mass is 32.1. The first-order chi connectivity index (χ1) is 13.2. The minimum Gasteiger partial charge on any atom is -0.455 e. The van der Waals surface area contributed by atoms with Crippen LogP contribution in [0.1, 0.15) is 27.8 Å². The van der Waals surface area contributed by atoms with Crippen molar-refractivity contribution in [1.29, 1.82) is 0 Å². The van der Waals surface area contributed by atoms with Gasteiger partial charge in [-0.2, -0.15) is 16.4 Å². The predicted molar refractivity (Wildman–Crippen MR) is 108 cm³/mol. The van der Waals surface area contributed by atoms with E-state index in [1.807, 2.05) is 51.9 Å². The van der Waals surface area contributed by atoms with E-state index in [0.29, 0.717) is 6.42 Å². The van der Waals surface area contributed by atoms with Gasteiger partial charge >= 0.3 is 5.97 Å². The van der Waals surface area contributed by atoms with E-state index in [0.717, 1.165) is 21.0 Å². The molecule has 1 aliphatic heterocycles. The van der Waals surface area contributed by atoms with Crippen LogP contribution < -0.4 is 0 Å². The maximum atomic E-state index is 12.7. The minimum atomic E-state index is -0.406. The zero-order chi connectivity index (χ0) is 18.6. The lowest BCUT2D eigenvalue weighted by molar-refractivity contribution is -0.152. The Morgan fingerprint density at radius 3 is 2.70 bits per heavy atom. The van der Waals surface area contributed by atoms with E-state index in [-0.39, 0.29) is 25.0 Å². The number of hydrazone groups is 1. The van der Waals surface area contributed by atoms with E-state index in [4.69, 9.17) is 4.74 Å². The van der Waals surface area contributed by atoms with Gasteiger partial charge in [0.05, 0.1) is 23.1 Å². The normalized spacial score (nSPS) is 16.4. The van der Waals surface area contributed by atoms with Crippen molar-refractivity contribution in [2.45, 2.75) is 18.9 Å². The number of hydrogen-bond acceptors (Lipinski definition) is 7. The lowest BCUT2D eigenvalue weighted by Crippen LogP contribution is -2.31. The van der Waals surface area contributed by atoms with Crippen molar-refractivity contribution < 1.29 is 14.3 Å². The quantitative estimate of drug-likeness (QED) is 0.562. The summed E-state index contributed by atoms with van der Waals surface area (Å²) in [5, 5.41) is 13.8. The third-order valence-corrected chi connectivity index (χ3v) is 6.75. The average Bonchev–Trinajstić information content (AvgIpc) is 3.46. The van der Waals surface area contributed by atoms with Gasteiger partial charge in [0.25, 0.3) is 5.91 Å². The van der Waals surface area contributed by atoms with Crippen molar-refractivity contribution >= 4 is 51.6 Å². The van der Waals surface area contributed by atoms with Crippen LogP contribution in [0.2, 0.25) is 0 Å². The third kappa shape index (κ3) is 4.18. The smallest absolute Gasteiger partial charge is 0.310 e. The molecule has 0 saturated carbocycles. The summed E-state index contributed by atoms with van der Waals surface area (Å²) in [5.41, 5.74) is 1.79. The molecule has 1 unspecified atom stereocenters. The van der Waals surface area contributed by atoms with Crippen LogP contribution in [0.15, 0.2) is 57.0 Å². The van der Waals surface area contributed by atoms with E-state index < -0.39 is 5.97 Å². The fourth-order valence-corrected chi connectivity index (χ4v) is 5.06. The standard InChI is InChI=1S/C19H16N2O3S3/c22-18(11-24-19(23)9-13-5-8-25-12-13)21-15(17-4-2-7-27-17)10-14(20-21)16-3-1-6-26-16/h1-8,12,15H,9-11H2. The second-order valence-corrected chi connectivity index (χ2v) is 8.67. The maximum absolute atomic E-state index is 12.7. The van der Waals surface area contributed by atoms with Crippen molar-refractivity contribution in [2.75, 3.05) is 6.61 Å². The van der Waals surface area contributed by atoms with Gasteiger partial charge in [-0.3, -0.25) is 9.59 Å². The van der Waals surface area contributed by atoms with Gasteiger partial charge in [-0.05, 0) is 45.3 Å². The van der Waals surface area contributed by atoms with Crippen LogP contribution in [0.25, 0.3) is 0 Å². The Labute approximate surface area is 168 Å². The van der Waals surface area contributed by atoms with Crippen molar-refractivity contribution in [3.05, 3.63) is 67.2 Å². The van der Waals surface area contributed by atoms with Gasteiger partial charge in [-0.1, -0.05) is 12.1 Å². The zero-order valence-electron chi connectivity index (χ0n) is 14.2. The molecule has 0 bridgehead atoms. The molecule has 4 rings (SSSR count). The van der Waals surface area contributed by atoms with Crippen molar-refractivity contribution in [1.82, 2.24) is 5.01 Å². The van der Waals surface area contributed by atoms with Crippen LogP contribution in [0.5, 0.6) is 0 Å². The molecule has 1 amide bonds. The highest BCUT2D eigenvalue weighted by Crippen LogP contribution is 2.35. The van der Waals surface area contributed by atoms with Gasteiger partial charge in [-0.25, -0.2) is 5.01 Å². The van der Waals surface area contributed by atoms with Gasteiger partial charge in [0.15, 0.2) is 6.61 Å². The third-order valence-electron chi connectivity index (χ3n) is 4.13. The van der Waals surface area contributed by atoms with E-state index in [1.54, 1.807) is 22.7 Å². The summed E-state index contributed by atoms with van der Waals surface area (Å²) in [6.07, 6.45) is 0.838. The molecule has 0 N–H and O–H groups in total. The summed E-state index contributed by atoms with van der Waals surface area (Å²) in [6.45, 7) is -0.300. The molecule has 0 aromatic carbocycles. The van der Waals surface area contributed by atoms with Gasteiger partial charge in [0.2, 0.25) is 0 Å². The Bertz CT molecular complexity index is 931. The number of carbonyl (C=O) groups excluding carboxylic acids is 2. The number of nitrogens with zero attached hydrogens (tertiary/aromatic N) is 2. The van der Waals surface area contributed by atoms with E-state index >= 15 is 0 Å². The largest absolute Gasteiger partial charge is 0.455 e. The maximum Gasteiger partial charge on any atom is 0.310 e. The second kappa shape index (κ2) is 8.16. The Kier molecular flexibility index (Phi) is 5.47. The van der Waals surface area contributed by atoms with E-state index in [2.05, 4.69) is 5.10 Å². The molecule has 3 aromatic heterocycles. The molecule has 1 atom stereocenters. The number of thiophene rings is 3. The number of hydrogen-bond donors (Lipinski definition) is 0. The van der Waals surface area contributed by atoms with Gasteiger partial charge < -0.3 is 4.74 Å². The van der Waals surface area contributed by atoms with Gasteiger partial charge in [-0.15, -0.1) is 22.7 Å². The summed E-state index contributed by atoms with van der Waals surface area (Å²) in [7, 11) is 0. The minimum absolute atomic E-state index is 0.148. The summed E-state index contributed by atoms with van der Waals surface area (Å²) < 4.78 is 5.19. The summed E-state index contributed by atoms with van der Waals surface area (Å²) in [4.78, 5) is 26.8. The monoisotopic (exact) mass is 416 g/mol. The number of ether oxygens (including phenoxy) is 1. The van der Waals surface area contributed by atoms with Crippen molar-refractivity contribution in [3.63, 3.8) is 0 Å². The molecule has 0 radical (unpaired) electrons. The lowest BCUT2D eigenvalue weighted by atomic mass is 10.1. The molecular weight excluding hydrogens is 400 g/mol. The van der Waals surface area contributed by atoms with E-state index in [9.17, 15) is 9.59 Å². The average molecular weight is 417 g/mol. The van der Waals surface area contributed by atoms with Gasteiger partial charge in [0, 0.05) is 11.3 Å². The van der Waals surface area contributed by atoms with E-state index in [1.165, 1.54) is 16.3 Å². The predicted octanol–water partition coefficient (Wildman–Crippen LogP) is 4.33. The molecule has 27 heavy (non-hydrogen) atoms. The van der Waals surface area contributed by atoms with Gasteiger partial charge in [0.1, 0.15) is 0 Å². The first kappa shape index (κ1) is 18.1. The number of amides is 1. The molecule has 4 heterocycles. The van der Waals surface area contributed by atoms with Crippen LogP contribution in [0, 0.1) is 0 Å². The summed E-state index contributed by atoms with van der Waals surface area (Å²) >= 11 is 4.73. The number of esters is 1. The molecule has 3 aromatic rings. The fraction of sp³-hybridized carbons (Fsp3) is 0.211. The lowest BCUT2D eigenvalue weighted by Gasteiger charge is -2.20. The number of carbonyl (C=O) groups is 2. The van der Waals surface area contributed by atoms with Crippen molar-refractivity contribution in [3.8, 4) is 0 Å². The second-order valence-electron chi connectivity index (χ2n) is 5.97. The Morgan fingerprint density at radius 2 is 2.00 bits per heavy atom. The zero-order valence-corrected chi connectivity index (χ0v) is 16.7. The Hall–Kier alpha value is -2.29. The summed E-state index contributed by atoms with van der Waals surface area (Å²) in [6, 6.07) is 9.67. The highest BCUT2D eigenvalue weighted by molar-refractivity contribution is 7.12. The molecule has 138 valence electrons. The van der Waals surface area contributed by atoms with Crippen LogP contribution in [-0.2, 0) is 20.7 Å². The fourth-order valence-electron chi connectivity index (χ4n) is 2.85. The first-order valence-electron chi connectivity index (χ1n) is 8.34. The molecule has 0 aliphatic carbocycles. The Balaban J connectivity index is 1.45. The highest BCUT2D eigenvalue weighted by Gasteiger charge is 2.34. The van der Waals surface area contributed by atoms with Crippen LogP contribution >= 0.6 is 34.0 Å². The Morgan fingerprint density at radius 1 is 1.15 bits per heavy atom. The molecule has 5 nitrogen and oxygen atoms in total. The van der Waals surface area contributed by atoms with Crippen LogP contribution in [0.4, 0.5) is 0 Å². The van der Waals surface area contributed by atoms with Crippen molar-refractivity contribution in [2.24, 2.45) is 5.10 Å². The topological polar surface area (TPSA) is 59.0 Å². The molecule has 1 aliphatic rings. The first-order valence-corrected chi connectivity index (χ1v) is 11.0. The molecule has 8 heteroatoms. The SMILES string of the molecule is O=C(Cc1ccsc1)OCC(=O)N1N=C(c2cccs2)CC1c1cccs1. The number of rotatable bonds is 6. The molecule has 0 saturated heterocycles.